The number of nitrogens with one attached hydrogen (secondary N) is 1. The Kier molecular flexibility index (Phi) is 2.99. The molecule has 92 valence electrons. The van der Waals surface area contributed by atoms with Crippen LogP contribution in [-0.4, -0.2) is 46.1 Å². The van der Waals surface area contributed by atoms with Crippen LogP contribution in [0.15, 0.2) is 12.4 Å². The Balaban J connectivity index is 1.88. The zero-order valence-electron chi connectivity index (χ0n) is 9.59. The second kappa shape index (κ2) is 4.44. The predicted octanol–water partition coefficient (Wildman–Crippen LogP) is -1.19. The number of nitrogens with two attached hydrogens (primary N) is 1. The lowest BCUT2D eigenvalue weighted by atomic mass is 10.2. The van der Waals surface area contributed by atoms with Crippen molar-refractivity contribution in [2.24, 2.45) is 0 Å². The quantitative estimate of drug-likeness (QED) is 0.691. The van der Waals surface area contributed by atoms with Gasteiger partial charge in [0.25, 0.3) is 0 Å². The summed E-state index contributed by atoms with van der Waals surface area (Å²) in [7, 11) is 1.72. The highest BCUT2D eigenvalue weighted by Crippen LogP contribution is 2.08. The number of likely N-dealkylation sites (tertiary alicyclic amines) is 1. The number of amides is 2. The zero-order chi connectivity index (χ0) is 12.4. The summed E-state index contributed by atoms with van der Waals surface area (Å²) in [4.78, 5) is 24.8. The number of nitrogen functional groups attached to an aromatic ring is 1. The first-order valence-electron chi connectivity index (χ1n) is 5.38. The van der Waals surface area contributed by atoms with Gasteiger partial charge in [-0.1, -0.05) is 0 Å². The summed E-state index contributed by atoms with van der Waals surface area (Å²) in [5, 5.41) is 6.58. The molecular weight excluding hydrogens is 222 g/mol. The van der Waals surface area contributed by atoms with Crippen LogP contribution in [0.3, 0.4) is 0 Å². The van der Waals surface area contributed by atoms with Gasteiger partial charge in [0.2, 0.25) is 11.8 Å². The molecule has 2 amide bonds. The van der Waals surface area contributed by atoms with Gasteiger partial charge >= 0.3 is 0 Å². The summed E-state index contributed by atoms with van der Waals surface area (Å²) in [6.45, 7) is 0.753. The van der Waals surface area contributed by atoms with Gasteiger partial charge in [-0.25, -0.2) is 0 Å². The number of rotatable bonds is 3. The van der Waals surface area contributed by atoms with Crippen molar-refractivity contribution in [2.45, 2.75) is 19.0 Å². The maximum Gasteiger partial charge on any atom is 0.244 e. The third-order valence-electron chi connectivity index (χ3n) is 2.72. The second-order valence-corrected chi connectivity index (χ2v) is 4.14. The second-order valence-electron chi connectivity index (χ2n) is 4.14. The SMILES string of the molecule is CN1CCC(NC(=O)Cn2cc(N)cn2)C1=O. The van der Waals surface area contributed by atoms with Crippen LogP contribution in [0.5, 0.6) is 0 Å². The molecule has 7 heteroatoms. The Morgan fingerprint density at radius 2 is 2.47 bits per heavy atom. The summed E-state index contributed by atoms with van der Waals surface area (Å²) in [5.74, 6) is -0.278. The smallest absolute Gasteiger partial charge is 0.244 e. The normalized spacial score (nSPS) is 19.7. The summed E-state index contributed by atoms with van der Waals surface area (Å²) in [5.41, 5.74) is 5.99. The fraction of sp³-hybridized carbons (Fsp3) is 0.500. The van der Waals surface area contributed by atoms with Crippen LogP contribution >= 0.6 is 0 Å². The van der Waals surface area contributed by atoms with Gasteiger partial charge in [0.05, 0.1) is 11.9 Å². The molecule has 1 aliphatic heterocycles. The molecule has 3 N–H and O–H groups in total. The van der Waals surface area contributed by atoms with Gasteiger partial charge in [-0.2, -0.15) is 5.10 Å². The standard InChI is InChI=1S/C10H15N5O2/c1-14-3-2-8(10(14)17)13-9(16)6-15-5-7(11)4-12-15/h4-5,8H,2-3,6,11H2,1H3,(H,13,16). The Hall–Kier alpha value is -2.05. The molecule has 0 aromatic carbocycles. The van der Waals surface area contributed by atoms with E-state index >= 15 is 0 Å². The fourth-order valence-corrected chi connectivity index (χ4v) is 1.81. The maximum atomic E-state index is 11.6. The first-order valence-corrected chi connectivity index (χ1v) is 5.38. The third-order valence-corrected chi connectivity index (χ3v) is 2.72. The molecular formula is C10H15N5O2. The number of likely N-dealkylation sites (N-methyl/N-ethyl adjacent to an activating group) is 1. The number of nitrogens with zero attached hydrogens (tertiary/aromatic N) is 3. The van der Waals surface area contributed by atoms with Crippen molar-refractivity contribution in [3.63, 3.8) is 0 Å². The molecule has 2 heterocycles. The van der Waals surface area contributed by atoms with E-state index in [2.05, 4.69) is 10.4 Å². The van der Waals surface area contributed by atoms with E-state index in [1.54, 1.807) is 18.1 Å². The molecule has 17 heavy (non-hydrogen) atoms. The molecule has 0 saturated carbocycles. The number of anilines is 1. The minimum absolute atomic E-state index is 0.0432. The van der Waals surface area contributed by atoms with E-state index in [0.29, 0.717) is 18.7 Å². The van der Waals surface area contributed by atoms with Crippen LogP contribution in [0.25, 0.3) is 0 Å². The summed E-state index contributed by atoms with van der Waals surface area (Å²) in [6.07, 6.45) is 3.70. The van der Waals surface area contributed by atoms with Crippen molar-refractivity contribution in [3.8, 4) is 0 Å². The van der Waals surface area contributed by atoms with Crippen LogP contribution in [0, 0.1) is 0 Å². The first-order chi connectivity index (χ1) is 8.06. The van der Waals surface area contributed by atoms with Gasteiger partial charge in [0.15, 0.2) is 0 Å². The summed E-state index contributed by atoms with van der Waals surface area (Å²) in [6, 6.07) is -0.402. The van der Waals surface area contributed by atoms with Crippen LogP contribution in [0.4, 0.5) is 5.69 Å². The van der Waals surface area contributed by atoms with E-state index in [0.717, 1.165) is 0 Å². The van der Waals surface area contributed by atoms with Crippen molar-refractivity contribution < 1.29 is 9.59 Å². The molecule has 0 radical (unpaired) electrons. The first kappa shape index (κ1) is 11.4. The zero-order valence-corrected chi connectivity index (χ0v) is 9.59. The van der Waals surface area contributed by atoms with Crippen molar-refractivity contribution in [3.05, 3.63) is 12.4 Å². The number of hydrogen-bond donors (Lipinski definition) is 2. The molecule has 0 bridgehead atoms. The maximum absolute atomic E-state index is 11.6. The highest BCUT2D eigenvalue weighted by atomic mass is 16.2. The van der Waals surface area contributed by atoms with E-state index in [4.69, 9.17) is 5.73 Å². The number of carbonyl (C=O) groups is 2. The van der Waals surface area contributed by atoms with Crippen LogP contribution in [-0.2, 0) is 16.1 Å². The van der Waals surface area contributed by atoms with Crippen molar-refractivity contribution >= 4 is 17.5 Å². The topological polar surface area (TPSA) is 93.2 Å². The molecule has 1 aliphatic rings. The summed E-state index contributed by atoms with van der Waals surface area (Å²) < 4.78 is 1.44. The number of aromatic nitrogens is 2. The highest BCUT2D eigenvalue weighted by molar-refractivity contribution is 5.88. The Labute approximate surface area is 98.6 Å². The molecule has 1 saturated heterocycles. The van der Waals surface area contributed by atoms with Crippen LogP contribution < -0.4 is 11.1 Å². The van der Waals surface area contributed by atoms with E-state index in [1.807, 2.05) is 0 Å². The lowest BCUT2D eigenvalue weighted by Crippen LogP contribution is -2.42. The predicted molar refractivity (Wildman–Crippen MR) is 60.8 cm³/mol. The molecule has 1 unspecified atom stereocenters. The summed E-state index contributed by atoms with van der Waals surface area (Å²) >= 11 is 0. The van der Waals surface area contributed by atoms with Crippen molar-refractivity contribution in [1.82, 2.24) is 20.0 Å². The molecule has 1 fully saturated rings. The average molecular weight is 237 g/mol. The van der Waals surface area contributed by atoms with Gasteiger partial charge in [0.1, 0.15) is 12.6 Å². The molecule has 0 aliphatic carbocycles. The Morgan fingerprint density at radius 1 is 1.71 bits per heavy atom. The molecule has 2 rings (SSSR count). The fourth-order valence-electron chi connectivity index (χ4n) is 1.81. The molecule has 1 aromatic rings. The van der Waals surface area contributed by atoms with Gasteiger partial charge < -0.3 is 16.0 Å². The van der Waals surface area contributed by atoms with Gasteiger partial charge in [-0.15, -0.1) is 0 Å². The molecule has 7 nitrogen and oxygen atoms in total. The van der Waals surface area contributed by atoms with E-state index < -0.39 is 6.04 Å². The average Bonchev–Trinajstić information content (AvgIpc) is 2.79. The largest absolute Gasteiger partial charge is 0.396 e. The minimum atomic E-state index is -0.402. The lowest BCUT2D eigenvalue weighted by Gasteiger charge is -2.12. The minimum Gasteiger partial charge on any atom is -0.396 e. The van der Waals surface area contributed by atoms with Crippen molar-refractivity contribution in [1.29, 1.82) is 0 Å². The monoisotopic (exact) mass is 237 g/mol. The van der Waals surface area contributed by atoms with E-state index in [9.17, 15) is 9.59 Å². The Morgan fingerprint density at radius 3 is 3.00 bits per heavy atom. The lowest BCUT2D eigenvalue weighted by molar-refractivity contribution is -0.132. The number of hydrogen-bond acceptors (Lipinski definition) is 4. The third kappa shape index (κ3) is 2.55. The number of carbonyl (C=O) groups excluding carboxylic acids is 2. The molecule has 0 spiro atoms. The van der Waals surface area contributed by atoms with Gasteiger partial charge in [0, 0.05) is 19.8 Å². The Bertz CT molecular complexity index is 442. The van der Waals surface area contributed by atoms with Gasteiger partial charge in [-0.05, 0) is 6.42 Å². The van der Waals surface area contributed by atoms with Gasteiger partial charge in [-0.3, -0.25) is 14.3 Å². The molecule has 1 atom stereocenters. The highest BCUT2D eigenvalue weighted by Gasteiger charge is 2.30. The molecule has 1 aromatic heterocycles. The van der Waals surface area contributed by atoms with E-state index in [1.165, 1.54) is 10.9 Å². The van der Waals surface area contributed by atoms with E-state index in [-0.39, 0.29) is 18.4 Å². The van der Waals surface area contributed by atoms with Crippen molar-refractivity contribution in [2.75, 3.05) is 19.3 Å². The van der Waals surface area contributed by atoms with Crippen LogP contribution in [0.2, 0.25) is 0 Å². The van der Waals surface area contributed by atoms with Crippen LogP contribution in [0.1, 0.15) is 6.42 Å².